The number of hydrogen-bond donors (Lipinski definition) is 0. The molecule has 2 heterocycles. The predicted molar refractivity (Wildman–Crippen MR) is 83.6 cm³/mol. The number of carbonyl (C=O) groups excluding carboxylic acids is 4. The largest absolute Gasteiger partial charge is 0.273 e. The zero-order chi connectivity index (χ0) is 17.7. The third kappa shape index (κ3) is 2.16. The SMILES string of the molecule is O=C1c2ccccc2C(=O)N1CCN1C(=O)c2ccc(F)cc2C1=O. The number of amides is 4. The molecule has 0 bridgehead atoms. The van der Waals surface area contributed by atoms with E-state index in [0.717, 1.165) is 21.9 Å². The Morgan fingerprint density at radius 1 is 0.640 bits per heavy atom. The molecule has 2 aliphatic rings. The Hall–Kier alpha value is -3.35. The van der Waals surface area contributed by atoms with Crippen LogP contribution in [0.4, 0.5) is 4.39 Å². The Balaban J connectivity index is 1.54. The number of benzene rings is 2. The summed E-state index contributed by atoms with van der Waals surface area (Å²) in [4.78, 5) is 51.1. The quantitative estimate of drug-likeness (QED) is 0.799. The van der Waals surface area contributed by atoms with Gasteiger partial charge in [-0.05, 0) is 30.3 Å². The van der Waals surface area contributed by atoms with E-state index >= 15 is 0 Å². The summed E-state index contributed by atoms with van der Waals surface area (Å²) in [5.74, 6) is -2.71. The third-order valence-corrected chi connectivity index (χ3v) is 4.36. The first kappa shape index (κ1) is 15.2. The molecular formula is C18H11FN2O4. The van der Waals surface area contributed by atoms with E-state index < -0.39 is 29.4 Å². The zero-order valence-corrected chi connectivity index (χ0v) is 12.9. The van der Waals surface area contributed by atoms with Gasteiger partial charge >= 0.3 is 0 Å². The van der Waals surface area contributed by atoms with Gasteiger partial charge in [-0.3, -0.25) is 29.0 Å². The number of carbonyl (C=O) groups is 4. The normalized spacial score (nSPS) is 15.9. The summed E-state index contributed by atoms with van der Waals surface area (Å²) in [6.45, 7) is -0.250. The highest BCUT2D eigenvalue weighted by Gasteiger charge is 2.39. The van der Waals surface area contributed by atoms with Crippen LogP contribution in [0.5, 0.6) is 0 Å². The zero-order valence-electron chi connectivity index (χ0n) is 12.9. The summed E-state index contributed by atoms with van der Waals surface area (Å²) in [5, 5.41) is 0. The first-order valence-corrected chi connectivity index (χ1v) is 7.60. The van der Waals surface area contributed by atoms with Gasteiger partial charge < -0.3 is 0 Å². The van der Waals surface area contributed by atoms with Crippen LogP contribution in [0.15, 0.2) is 42.5 Å². The first-order chi connectivity index (χ1) is 12.0. The van der Waals surface area contributed by atoms with E-state index in [1.807, 2.05) is 0 Å². The summed E-state index contributed by atoms with van der Waals surface area (Å²) < 4.78 is 13.3. The second kappa shape index (κ2) is 5.34. The molecule has 0 saturated carbocycles. The molecule has 2 aromatic carbocycles. The van der Waals surface area contributed by atoms with E-state index in [1.54, 1.807) is 24.3 Å². The molecule has 0 aliphatic carbocycles. The van der Waals surface area contributed by atoms with Crippen LogP contribution in [0, 0.1) is 5.82 Å². The molecule has 6 nitrogen and oxygen atoms in total. The monoisotopic (exact) mass is 338 g/mol. The number of rotatable bonds is 3. The molecule has 124 valence electrons. The van der Waals surface area contributed by atoms with Crippen LogP contribution in [0.2, 0.25) is 0 Å². The third-order valence-electron chi connectivity index (χ3n) is 4.36. The molecule has 4 rings (SSSR count). The average Bonchev–Trinajstić information content (AvgIpc) is 2.99. The standard InChI is InChI=1S/C18H11FN2O4/c19-10-5-6-13-14(9-10)18(25)21(17(13)24)8-7-20-15(22)11-3-1-2-4-12(11)16(20)23/h1-6,9H,7-8H2. The summed E-state index contributed by atoms with van der Waals surface area (Å²) in [5.41, 5.74) is 0.718. The van der Waals surface area contributed by atoms with Crippen molar-refractivity contribution in [2.24, 2.45) is 0 Å². The molecule has 0 fully saturated rings. The number of fused-ring (bicyclic) bond motifs is 2. The maximum Gasteiger partial charge on any atom is 0.261 e. The van der Waals surface area contributed by atoms with E-state index in [-0.39, 0.29) is 24.2 Å². The molecule has 7 heteroatoms. The fourth-order valence-corrected chi connectivity index (χ4v) is 3.11. The fraction of sp³-hybridized carbons (Fsp3) is 0.111. The Kier molecular flexibility index (Phi) is 3.24. The molecule has 0 radical (unpaired) electrons. The van der Waals surface area contributed by atoms with Gasteiger partial charge in [0, 0.05) is 13.1 Å². The van der Waals surface area contributed by atoms with Crippen molar-refractivity contribution in [2.75, 3.05) is 13.1 Å². The van der Waals surface area contributed by atoms with Gasteiger partial charge in [0.15, 0.2) is 0 Å². The second-order valence-corrected chi connectivity index (χ2v) is 5.76. The summed E-state index contributed by atoms with van der Waals surface area (Å²) in [7, 11) is 0. The van der Waals surface area contributed by atoms with Crippen LogP contribution in [0.1, 0.15) is 41.4 Å². The fourth-order valence-electron chi connectivity index (χ4n) is 3.11. The van der Waals surface area contributed by atoms with Crippen LogP contribution in [-0.4, -0.2) is 46.5 Å². The Bertz CT molecular complexity index is 934. The Morgan fingerprint density at radius 2 is 1.08 bits per heavy atom. The highest BCUT2D eigenvalue weighted by molar-refractivity contribution is 6.22. The van der Waals surface area contributed by atoms with Crippen LogP contribution >= 0.6 is 0 Å². The minimum Gasteiger partial charge on any atom is -0.273 e. The summed E-state index contributed by atoms with van der Waals surface area (Å²) in [6, 6.07) is 9.81. The lowest BCUT2D eigenvalue weighted by Gasteiger charge is -2.18. The second-order valence-electron chi connectivity index (χ2n) is 5.76. The van der Waals surface area contributed by atoms with Gasteiger partial charge in [-0.15, -0.1) is 0 Å². The van der Waals surface area contributed by atoms with Crippen molar-refractivity contribution in [1.82, 2.24) is 9.80 Å². The van der Waals surface area contributed by atoms with E-state index in [0.29, 0.717) is 11.1 Å². The average molecular weight is 338 g/mol. The van der Waals surface area contributed by atoms with Crippen molar-refractivity contribution in [1.29, 1.82) is 0 Å². The number of hydrogen-bond acceptors (Lipinski definition) is 4. The smallest absolute Gasteiger partial charge is 0.261 e. The number of halogens is 1. The van der Waals surface area contributed by atoms with Crippen molar-refractivity contribution < 1.29 is 23.6 Å². The van der Waals surface area contributed by atoms with E-state index in [2.05, 4.69) is 0 Å². The minimum atomic E-state index is -0.629. The number of imide groups is 2. The Labute approximate surface area is 141 Å². The highest BCUT2D eigenvalue weighted by Crippen LogP contribution is 2.25. The summed E-state index contributed by atoms with van der Waals surface area (Å²) in [6.07, 6.45) is 0. The molecule has 4 amide bonds. The lowest BCUT2D eigenvalue weighted by Crippen LogP contribution is -2.40. The van der Waals surface area contributed by atoms with Gasteiger partial charge in [0.25, 0.3) is 23.6 Å². The predicted octanol–water partition coefficient (Wildman–Crippen LogP) is 1.72. The van der Waals surface area contributed by atoms with Gasteiger partial charge in [-0.2, -0.15) is 0 Å². The summed E-state index contributed by atoms with van der Waals surface area (Å²) >= 11 is 0. The molecule has 0 saturated heterocycles. The Morgan fingerprint density at radius 3 is 1.60 bits per heavy atom. The lowest BCUT2D eigenvalue weighted by molar-refractivity contribution is 0.0561. The van der Waals surface area contributed by atoms with Gasteiger partial charge in [0.05, 0.1) is 22.3 Å². The van der Waals surface area contributed by atoms with Crippen molar-refractivity contribution in [3.63, 3.8) is 0 Å². The van der Waals surface area contributed by atoms with Crippen LogP contribution in [-0.2, 0) is 0 Å². The molecule has 2 aliphatic heterocycles. The molecular weight excluding hydrogens is 327 g/mol. The van der Waals surface area contributed by atoms with Crippen molar-refractivity contribution in [3.8, 4) is 0 Å². The number of nitrogens with zero attached hydrogens (tertiary/aromatic N) is 2. The van der Waals surface area contributed by atoms with Gasteiger partial charge in [-0.25, -0.2) is 4.39 Å². The van der Waals surface area contributed by atoms with Crippen LogP contribution in [0.3, 0.4) is 0 Å². The van der Waals surface area contributed by atoms with Crippen LogP contribution < -0.4 is 0 Å². The molecule has 0 unspecified atom stereocenters. The van der Waals surface area contributed by atoms with Crippen molar-refractivity contribution in [2.45, 2.75) is 0 Å². The van der Waals surface area contributed by atoms with E-state index in [1.165, 1.54) is 6.07 Å². The van der Waals surface area contributed by atoms with E-state index in [4.69, 9.17) is 0 Å². The van der Waals surface area contributed by atoms with Gasteiger partial charge in [-0.1, -0.05) is 12.1 Å². The first-order valence-electron chi connectivity index (χ1n) is 7.60. The van der Waals surface area contributed by atoms with Gasteiger partial charge in [0.2, 0.25) is 0 Å². The topological polar surface area (TPSA) is 74.8 Å². The van der Waals surface area contributed by atoms with Crippen LogP contribution in [0.25, 0.3) is 0 Å². The minimum absolute atomic E-state index is 0.00707. The molecule has 2 aromatic rings. The highest BCUT2D eigenvalue weighted by atomic mass is 19.1. The molecule has 0 aromatic heterocycles. The van der Waals surface area contributed by atoms with Gasteiger partial charge in [0.1, 0.15) is 5.82 Å². The maximum atomic E-state index is 13.3. The molecule has 0 atom stereocenters. The van der Waals surface area contributed by atoms with Crippen molar-refractivity contribution in [3.05, 3.63) is 70.5 Å². The maximum absolute atomic E-state index is 13.3. The lowest BCUT2D eigenvalue weighted by atomic mass is 10.1. The molecule has 25 heavy (non-hydrogen) atoms. The van der Waals surface area contributed by atoms with Crippen molar-refractivity contribution >= 4 is 23.6 Å². The molecule has 0 N–H and O–H groups in total. The molecule has 0 spiro atoms. The van der Waals surface area contributed by atoms with E-state index in [9.17, 15) is 23.6 Å².